The van der Waals surface area contributed by atoms with E-state index in [0.717, 1.165) is 43.7 Å². The van der Waals surface area contributed by atoms with Gasteiger partial charge in [0.1, 0.15) is 11.3 Å². The van der Waals surface area contributed by atoms with E-state index in [2.05, 4.69) is 23.1 Å². The minimum absolute atomic E-state index is 0.204. The second-order valence-electron chi connectivity index (χ2n) is 7.01. The van der Waals surface area contributed by atoms with E-state index in [1.54, 1.807) is 7.11 Å². The highest BCUT2D eigenvalue weighted by atomic mass is 16.5. The number of likely N-dealkylation sites (N-methyl/N-ethyl adjacent to an activating group) is 1. The number of hydrogen-bond acceptors (Lipinski definition) is 3. The van der Waals surface area contributed by atoms with Gasteiger partial charge in [0.2, 0.25) is 5.91 Å². The van der Waals surface area contributed by atoms with Crippen LogP contribution in [-0.4, -0.2) is 54.5 Å². The highest BCUT2D eigenvalue weighted by Gasteiger charge is 2.63. The molecule has 122 valence electrons. The maximum atomic E-state index is 12.8. The second-order valence-corrected chi connectivity index (χ2v) is 7.01. The Morgan fingerprint density at radius 3 is 3.00 bits per heavy atom. The highest BCUT2D eigenvalue weighted by Crippen LogP contribution is 2.51. The summed E-state index contributed by atoms with van der Waals surface area (Å²) in [5.74, 6) is 1.72. The lowest BCUT2D eigenvalue weighted by Gasteiger charge is -2.32. The molecule has 3 saturated heterocycles. The van der Waals surface area contributed by atoms with E-state index in [1.165, 1.54) is 0 Å². The van der Waals surface area contributed by atoms with Crippen molar-refractivity contribution in [2.75, 3.05) is 27.2 Å². The number of para-hydroxylation sites is 1. The fraction of sp³-hybridized carbons (Fsp3) is 0.526. The topological polar surface area (TPSA) is 32.8 Å². The van der Waals surface area contributed by atoms with E-state index >= 15 is 0 Å². The van der Waals surface area contributed by atoms with Crippen LogP contribution in [0.5, 0.6) is 5.75 Å². The summed E-state index contributed by atoms with van der Waals surface area (Å²) in [6.45, 7) is 1.95. The van der Waals surface area contributed by atoms with Gasteiger partial charge in [-0.3, -0.25) is 9.69 Å². The first-order valence-electron chi connectivity index (χ1n) is 8.50. The monoisotopic (exact) mass is 312 g/mol. The van der Waals surface area contributed by atoms with E-state index in [1.807, 2.05) is 30.1 Å². The highest BCUT2D eigenvalue weighted by molar-refractivity contribution is 5.90. The van der Waals surface area contributed by atoms with Crippen LogP contribution in [0.2, 0.25) is 0 Å². The molecular formula is C19H24N2O2. The van der Waals surface area contributed by atoms with E-state index in [4.69, 9.17) is 4.74 Å². The number of nitrogens with zero attached hydrogens (tertiary/aromatic N) is 2. The smallest absolute Gasteiger partial charge is 0.243 e. The fourth-order valence-corrected chi connectivity index (χ4v) is 4.95. The fourth-order valence-electron chi connectivity index (χ4n) is 4.95. The predicted octanol–water partition coefficient (Wildman–Crippen LogP) is 2.40. The minimum atomic E-state index is -0.204. The molecule has 23 heavy (non-hydrogen) atoms. The van der Waals surface area contributed by atoms with Gasteiger partial charge in [-0.2, -0.15) is 0 Å². The Labute approximate surface area is 137 Å². The lowest BCUT2D eigenvalue weighted by atomic mass is 9.85. The van der Waals surface area contributed by atoms with Gasteiger partial charge in [-0.15, -0.1) is 0 Å². The molecule has 1 spiro atoms. The van der Waals surface area contributed by atoms with Crippen LogP contribution in [0.3, 0.4) is 0 Å². The number of ether oxygens (including phenoxy) is 1. The zero-order chi connectivity index (χ0) is 16.0. The average Bonchev–Trinajstić information content (AvgIpc) is 3.18. The summed E-state index contributed by atoms with van der Waals surface area (Å²) < 4.78 is 5.43. The first-order valence-corrected chi connectivity index (χ1v) is 8.50. The molecule has 3 fully saturated rings. The number of benzene rings is 1. The van der Waals surface area contributed by atoms with Crippen LogP contribution in [0.1, 0.15) is 24.8 Å². The first-order chi connectivity index (χ1) is 11.2. The molecule has 0 N–H and O–H groups in total. The Morgan fingerprint density at radius 1 is 1.35 bits per heavy atom. The summed E-state index contributed by atoms with van der Waals surface area (Å²) in [4.78, 5) is 17.2. The van der Waals surface area contributed by atoms with Crippen molar-refractivity contribution in [2.24, 2.45) is 5.92 Å². The van der Waals surface area contributed by atoms with Crippen LogP contribution < -0.4 is 4.74 Å². The lowest BCUT2D eigenvalue weighted by Crippen LogP contribution is -2.50. The molecule has 0 saturated carbocycles. The molecule has 3 aliphatic rings. The number of carbonyl (C=O) groups excluding carboxylic acids is 1. The van der Waals surface area contributed by atoms with Crippen molar-refractivity contribution < 1.29 is 9.53 Å². The van der Waals surface area contributed by atoms with Gasteiger partial charge in [0.15, 0.2) is 0 Å². The maximum absolute atomic E-state index is 12.8. The Bertz CT molecular complexity index is 657. The molecule has 0 radical (unpaired) electrons. The summed E-state index contributed by atoms with van der Waals surface area (Å²) in [6.07, 6.45) is 7.68. The van der Waals surface area contributed by atoms with E-state index < -0.39 is 0 Å². The van der Waals surface area contributed by atoms with Crippen molar-refractivity contribution in [1.29, 1.82) is 0 Å². The van der Waals surface area contributed by atoms with E-state index in [0.29, 0.717) is 17.9 Å². The van der Waals surface area contributed by atoms with Gasteiger partial charge >= 0.3 is 0 Å². The van der Waals surface area contributed by atoms with Crippen LogP contribution in [0.15, 0.2) is 30.3 Å². The average molecular weight is 312 g/mol. The van der Waals surface area contributed by atoms with Crippen LogP contribution >= 0.6 is 0 Å². The number of amides is 1. The molecule has 4 heteroatoms. The molecule has 0 unspecified atom stereocenters. The Hall–Kier alpha value is -1.81. The molecule has 0 bridgehead atoms. The third-order valence-electron chi connectivity index (χ3n) is 5.92. The zero-order valence-electron chi connectivity index (χ0n) is 13.9. The first kappa shape index (κ1) is 14.8. The maximum Gasteiger partial charge on any atom is 0.243 e. The van der Waals surface area contributed by atoms with Crippen LogP contribution in [0, 0.1) is 5.92 Å². The molecule has 1 aromatic rings. The molecular weight excluding hydrogens is 288 g/mol. The summed E-state index contributed by atoms with van der Waals surface area (Å²) in [5, 5.41) is 0. The van der Waals surface area contributed by atoms with Crippen molar-refractivity contribution >= 4 is 12.0 Å². The molecule has 4 rings (SSSR count). The molecule has 3 atom stereocenters. The van der Waals surface area contributed by atoms with E-state index in [-0.39, 0.29) is 5.54 Å². The lowest BCUT2D eigenvalue weighted by molar-refractivity contribution is -0.135. The minimum Gasteiger partial charge on any atom is -0.496 e. The number of likely N-dealkylation sites (tertiary alicyclic amines) is 1. The van der Waals surface area contributed by atoms with Crippen LogP contribution in [0.25, 0.3) is 6.08 Å². The summed E-state index contributed by atoms with van der Waals surface area (Å²) in [7, 11) is 3.65. The van der Waals surface area contributed by atoms with Gasteiger partial charge in [0, 0.05) is 31.1 Å². The number of carbonyl (C=O) groups is 1. The molecule has 0 aromatic heterocycles. The van der Waals surface area contributed by atoms with E-state index in [9.17, 15) is 4.79 Å². The summed E-state index contributed by atoms with van der Waals surface area (Å²) >= 11 is 0. The number of methoxy groups -OCH3 is 1. The predicted molar refractivity (Wildman–Crippen MR) is 90.2 cm³/mol. The van der Waals surface area contributed by atoms with Gasteiger partial charge in [0.25, 0.3) is 0 Å². The molecule has 3 aliphatic heterocycles. The van der Waals surface area contributed by atoms with Gasteiger partial charge in [-0.1, -0.05) is 30.4 Å². The van der Waals surface area contributed by atoms with Crippen molar-refractivity contribution in [1.82, 2.24) is 9.80 Å². The molecule has 3 heterocycles. The third kappa shape index (κ3) is 2.04. The molecule has 4 nitrogen and oxygen atoms in total. The number of hydrogen-bond donors (Lipinski definition) is 0. The van der Waals surface area contributed by atoms with Gasteiger partial charge in [0.05, 0.1) is 7.11 Å². The van der Waals surface area contributed by atoms with Crippen LogP contribution in [0.4, 0.5) is 0 Å². The van der Waals surface area contributed by atoms with Crippen molar-refractivity contribution in [3.63, 3.8) is 0 Å². The van der Waals surface area contributed by atoms with Crippen molar-refractivity contribution in [2.45, 2.75) is 30.8 Å². The molecule has 0 aliphatic carbocycles. The van der Waals surface area contributed by atoms with Crippen molar-refractivity contribution in [3.05, 3.63) is 35.9 Å². The molecule has 1 aromatic carbocycles. The normalized spacial score (nSPS) is 33.5. The van der Waals surface area contributed by atoms with Gasteiger partial charge in [-0.25, -0.2) is 0 Å². The van der Waals surface area contributed by atoms with Crippen molar-refractivity contribution in [3.8, 4) is 5.75 Å². The second kappa shape index (κ2) is 5.38. The van der Waals surface area contributed by atoms with Crippen LogP contribution in [-0.2, 0) is 4.79 Å². The Morgan fingerprint density at radius 2 is 2.17 bits per heavy atom. The summed E-state index contributed by atoms with van der Waals surface area (Å²) in [5.41, 5.74) is 0.897. The standard InChI is InChI=1S/C19H24N2O2/c1-20-13-15-12-16(21-11-5-10-19(15,21)18(20)22)9-8-14-6-3-4-7-17(14)23-2/h3-4,6-9,15-16H,5,10-13H2,1-2H3/b9-8+/t15-,16+,19-/m0/s1. The zero-order valence-corrected chi connectivity index (χ0v) is 13.9. The summed E-state index contributed by atoms with van der Waals surface area (Å²) in [6, 6.07) is 8.44. The number of rotatable bonds is 3. The Kier molecular flexibility index (Phi) is 3.45. The van der Waals surface area contributed by atoms with Gasteiger partial charge < -0.3 is 9.64 Å². The molecule has 1 amide bonds. The third-order valence-corrected chi connectivity index (χ3v) is 5.92. The quantitative estimate of drug-likeness (QED) is 0.859. The van der Waals surface area contributed by atoms with Gasteiger partial charge in [-0.05, 0) is 31.9 Å². The largest absolute Gasteiger partial charge is 0.496 e. The Balaban J connectivity index is 1.60. The SMILES string of the molecule is COc1ccccc1/C=C/[C@@H]1C[C@H]2CN(C)C(=O)[C@]23CCCN13.